The van der Waals surface area contributed by atoms with Crippen molar-refractivity contribution in [3.05, 3.63) is 47.9 Å². The van der Waals surface area contributed by atoms with Gasteiger partial charge in [-0.2, -0.15) is 0 Å². The molecule has 0 aliphatic carbocycles. The first-order valence-corrected chi connectivity index (χ1v) is 4.63. The standard InChI is InChI=1S/C12H10FNO/c13-11-8-12-10(3-1-5-14-12)7-9(11)4-2-6-15/h1-5,7-8,15H,6H2. The molecule has 1 N–H and O–H groups in total. The third-order valence-electron chi connectivity index (χ3n) is 2.12. The van der Waals surface area contributed by atoms with Crippen LogP contribution in [0.2, 0.25) is 0 Å². The van der Waals surface area contributed by atoms with Gasteiger partial charge in [0.15, 0.2) is 0 Å². The van der Waals surface area contributed by atoms with E-state index in [2.05, 4.69) is 4.98 Å². The second-order valence-electron chi connectivity index (χ2n) is 3.15. The summed E-state index contributed by atoms with van der Waals surface area (Å²) in [7, 11) is 0. The molecule has 0 atom stereocenters. The van der Waals surface area contributed by atoms with E-state index >= 15 is 0 Å². The number of hydrogen-bond donors (Lipinski definition) is 1. The fraction of sp³-hybridized carbons (Fsp3) is 0.0833. The van der Waals surface area contributed by atoms with Gasteiger partial charge in [-0.05, 0) is 12.1 Å². The lowest BCUT2D eigenvalue weighted by atomic mass is 10.1. The molecule has 3 heteroatoms. The van der Waals surface area contributed by atoms with Crippen LogP contribution in [0.1, 0.15) is 5.56 Å². The number of benzene rings is 1. The van der Waals surface area contributed by atoms with Crippen molar-refractivity contribution in [2.24, 2.45) is 0 Å². The Hall–Kier alpha value is -1.74. The number of aliphatic hydroxyl groups is 1. The summed E-state index contributed by atoms with van der Waals surface area (Å²) >= 11 is 0. The summed E-state index contributed by atoms with van der Waals surface area (Å²) in [5, 5.41) is 9.50. The third kappa shape index (κ3) is 2.02. The minimum atomic E-state index is -0.328. The Morgan fingerprint density at radius 1 is 1.40 bits per heavy atom. The molecule has 2 aromatic rings. The number of hydrogen-bond acceptors (Lipinski definition) is 2. The lowest BCUT2D eigenvalue weighted by Crippen LogP contribution is -1.86. The van der Waals surface area contributed by atoms with Gasteiger partial charge in [0.05, 0.1) is 12.1 Å². The maximum absolute atomic E-state index is 13.5. The first-order valence-electron chi connectivity index (χ1n) is 4.63. The van der Waals surface area contributed by atoms with Crippen LogP contribution in [-0.4, -0.2) is 16.7 Å². The molecule has 0 aliphatic heterocycles. The topological polar surface area (TPSA) is 33.1 Å². The summed E-state index contributed by atoms with van der Waals surface area (Å²) in [5.74, 6) is -0.328. The largest absolute Gasteiger partial charge is 0.392 e. The van der Waals surface area contributed by atoms with Gasteiger partial charge in [-0.1, -0.05) is 18.2 Å². The van der Waals surface area contributed by atoms with Gasteiger partial charge in [-0.25, -0.2) is 4.39 Å². The zero-order valence-electron chi connectivity index (χ0n) is 8.02. The molecule has 15 heavy (non-hydrogen) atoms. The molecular formula is C12H10FNO. The lowest BCUT2D eigenvalue weighted by molar-refractivity contribution is 0.343. The van der Waals surface area contributed by atoms with Crippen LogP contribution in [-0.2, 0) is 0 Å². The second-order valence-corrected chi connectivity index (χ2v) is 3.15. The Morgan fingerprint density at radius 3 is 3.07 bits per heavy atom. The Labute approximate surface area is 86.7 Å². The molecule has 0 amide bonds. The van der Waals surface area contributed by atoms with Gasteiger partial charge in [0, 0.05) is 23.2 Å². The first-order chi connectivity index (χ1) is 7.31. The number of nitrogens with zero attached hydrogens (tertiary/aromatic N) is 1. The van der Waals surface area contributed by atoms with Gasteiger partial charge in [0.25, 0.3) is 0 Å². The van der Waals surface area contributed by atoms with Crippen molar-refractivity contribution in [2.45, 2.75) is 0 Å². The summed E-state index contributed by atoms with van der Waals surface area (Å²) < 4.78 is 13.5. The lowest BCUT2D eigenvalue weighted by Gasteiger charge is -2.00. The monoisotopic (exact) mass is 203 g/mol. The van der Waals surface area contributed by atoms with Gasteiger partial charge in [-0.3, -0.25) is 4.98 Å². The molecule has 0 fully saturated rings. The smallest absolute Gasteiger partial charge is 0.132 e. The normalized spacial score (nSPS) is 11.3. The van der Waals surface area contributed by atoms with Gasteiger partial charge in [0.2, 0.25) is 0 Å². The molecule has 0 aliphatic rings. The Bertz CT molecular complexity index is 508. The van der Waals surface area contributed by atoms with Gasteiger partial charge < -0.3 is 5.11 Å². The van der Waals surface area contributed by atoms with Crippen molar-refractivity contribution >= 4 is 17.0 Å². The van der Waals surface area contributed by atoms with Crippen LogP contribution in [0.5, 0.6) is 0 Å². The highest BCUT2D eigenvalue weighted by atomic mass is 19.1. The zero-order chi connectivity index (χ0) is 10.7. The van der Waals surface area contributed by atoms with Crippen molar-refractivity contribution < 1.29 is 9.50 Å². The number of fused-ring (bicyclic) bond motifs is 1. The van der Waals surface area contributed by atoms with E-state index < -0.39 is 0 Å². The van der Waals surface area contributed by atoms with Crippen LogP contribution in [0.3, 0.4) is 0 Å². The van der Waals surface area contributed by atoms with Crippen LogP contribution < -0.4 is 0 Å². The van der Waals surface area contributed by atoms with E-state index in [-0.39, 0.29) is 12.4 Å². The Kier molecular flexibility index (Phi) is 2.74. The minimum Gasteiger partial charge on any atom is -0.392 e. The fourth-order valence-electron chi connectivity index (χ4n) is 1.42. The van der Waals surface area contributed by atoms with E-state index in [0.717, 1.165) is 5.39 Å². The van der Waals surface area contributed by atoms with Crippen molar-refractivity contribution in [2.75, 3.05) is 6.61 Å². The minimum absolute atomic E-state index is 0.0927. The van der Waals surface area contributed by atoms with Crippen LogP contribution >= 0.6 is 0 Å². The van der Waals surface area contributed by atoms with E-state index in [9.17, 15) is 4.39 Å². The summed E-state index contributed by atoms with van der Waals surface area (Å²) in [5.41, 5.74) is 1.10. The summed E-state index contributed by atoms with van der Waals surface area (Å²) in [4.78, 5) is 4.05. The molecule has 0 bridgehead atoms. The molecule has 1 aromatic carbocycles. The number of aromatic nitrogens is 1. The SMILES string of the molecule is OCC=Cc1cc2cccnc2cc1F. The second kappa shape index (κ2) is 4.19. The van der Waals surface area contributed by atoms with E-state index in [4.69, 9.17) is 5.11 Å². The van der Waals surface area contributed by atoms with E-state index in [1.807, 2.05) is 6.07 Å². The average Bonchev–Trinajstić information content (AvgIpc) is 2.26. The number of pyridine rings is 1. The molecule has 0 radical (unpaired) electrons. The molecular weight excluding hydrogens is 193 g/mol. The zero-order valence-corrected chi connectivity index (χ0v) is 8.02. The number of halogens is 1. The van der Waals surface area contributed by atoms with Crippen LogP contribution in [0, 0.1) is 5.82 Å². The van der Waals surface area contributed by atoms with Gasteiger partial charge in [-0.15, -0.1) is 0 Å². The molecule has 0 saturated heterocycles. The van der Waals surface area contributed by atoms with Crippen LogP contribution in [0.25, 0.3) is 17.0 Å². The quantitative estimate of drug-likeness (QED) is 0.812. The Balaban J connectivity index is 2.57. The summed E-state index contributed by atoms with van der Waals surface area (Å²) in [6, 6.07) is 6.79. The summed E-state index contributed by atoms with van der Waals surface area (Å²) in [6.07, 6.45) is 4.69. The van der Waals surface area contributed by atoms with E-state index in [1.54, 1.807) is 24.4 Å². The summed E-state index contributed by atoms with van der Waals surface area (Å²) in [6.45, 7) is -0.0927. The molecule has 1 aromatic heterocycles. The molecule has 2 rings (SSSR count). The van der Waals surface area contributed by atoms with E-state index in [1.165, 1.54) is 12.1 Å². The highest BCUT2D eigenvalue weighted by molar-refractivity contribution is 5.81. The fourth-order valence-corrected chi connectivity index (χ4v) is 1.42. The molecule has 0 saturated carbocycles. The predicted octanol–water partition coefficient (Wildman–Crippen LogP) is 2.38. The van der Waals surface area contributed by atoms with Crippen molar-refractivity contribution in [3.63, 3.8) is 0 Å². The van der Waals surface area contributed by atoms with Crippen LogP contribution in [0.15, 0.2) is 36.5 Å². The third-order valence-corrected chi connectivity index (χ3v) is 2.12. The molecule has 2 nitrogen and oxygen atoms in total. The van der Waals surface area contributed by atoms with Crippen LogP contribution in [0.4, 0.5) is 4.39 Å². The van der Waals surface area contributed by atoms with Crippen molar-refractivity contribution in [1.29, 1.82) is 0 Å². The molecule has 1 heterocycles. The van der Waals surface area contributed by atoms with Crippen molar-refractivity contribution in [3.8, 4) is 0 Å². The highest BCUT2D eigenvalue weighted by Gasteiger charge is 2.01. The Morgan fingerprint density at radius 2 is 2.27 bits per heavy atom. The molecule has 0 unspecified atom stereocenters. The van der Waals surface area contributed by atoms with E-state index in [0.29, 0.717) is 11.1 Å². The predicted molar refractivity (Wildman–Crippen MR) is 57.8 cm³/mol. The van der Waals surface area contributed by atoms with Gasteiger partial charge in [0.1, 0.15) is 5.82 Å². The maximum Gasteiger partial charge on any atom is 0.132 e. The molecule has 0 spiro atoms. The first kappa shape index (κ1) is 9.80. The average molecular weight is 203 g/mol. The maximum atomic E-state index is 13.5. The van der Waals surface area contributed by atoms with Gasteiger partial charge >= 0.3 is 0 Å². The number of aliphatic hydroxyl groups excluding tert-OH is 1. The highest BCUT2D eigenvalue weighted by Crippen LogP contribution is 2.18. The molecule has 76 valence electrons. The number of rotatable bonds is 2. The van der Waals surface area contributed by atoms with Crippen molar-refractivity contribution in [1.82, 2.24) is 4.98 Å².